The summed E-state index contributed by atoms with van der Waals surface area (Å²) in [5.74, 6) is 0.681. The lowest BCUT2D eigenvalue weighted by Crippen LogP contribution is -2.02. The van der Waals surface area contributed by atoms with Gasteiger partial charge < -0.3 is 19.9 Å². The van der Waals surface area contributed by atoms with Crippen LogP contribution in [0.2, 0.25) is 5.15 Å². The number of methoxy groups -OCH3 is 2. The van der Waals surface area contributed by atoms with Crippen LogP contribution >= 0.6 is 27.5 Å². The normalized spacial score (nSPS) is 10.3. The van der Waals surface area contributed by atoms with Crippen LogP contribution in [0.3, 0.4) is 0 Å². The maximum atomic E-state index is 9.87. The highest BCUT2D eigenvalue weighted by atomic mass is 79.9. The zero-order chi connectivity index (χ0) is 15.4. The molecular weight excluding hydrogens is 360 g/mol. The number of halogens is 2. The molecule has 0 aliphatic heterocycles. The third-order valence-corrected chi connectivity index (χ3v) is 3.56. The number of hydrogen-bond donors (Lipinski definition) is 2. The largest absolute Gasteiger partial charge is 0.502 e. The number of aromatic hydroxyl groups is 1. The van der Waals surface area contributed by atoms with Gasteiger partial charge in [-0.2, -0.15) is 0 Å². The second-order valence-electron chi connectivity index (χ2n) is 4.19. The van der Waals surface area contributed by atoms with Crippen LogP contribution in [0.1, 0.15) is 5.56 Å². The van der Waals surface area contributed by atoms with Gasteiger partial charge in [0.2, 0.25) is 5.75 Å². The minimum Gasteiger partial charge on any atom is -0.502 e. The van der Waals surface area contributed by atoms with Crippen molar-refractivity contribution in [2.24, 2.45) is 0 Å². The molecule has 21 heavy (non-hydrogen) atoms. The third kappa shape index (κ3) is 3.71. The number of aromatic nitrogens is 1. The second kappa shape index (κ2) is 6.87. The number of nitrogens with one attached hydrogen (secondary N) is 1. The molecule has 1 aromatic heterocycles. The van der Waals surface area contributed by atoms with Crippen LogP contribution in [0, 0.1) is 0 Å². The summed E-state index contributed by atoms with van der Waals surface area (Å²) in [4.78, 5) is 4.04. The van der Waals surface area contributed by atoms with Crippen LogP contribution in [0.4, 0.5) is 5.69 Å². The fraction of sp³-hybridized carbons (Fsp3) is 0.214. The first-order valence-electron chi connectivity index (χ1n) is 6.04. The highest BCUT2D eigenvalue weighted by Crippen LogP contribution is 2.37. The predicted molar refractivity (Wildman–Crippen MR) is 85.5 cm³/mol. The molecule has 0 saturated heterocycles. The van der Waals surface area contributed by atoms with Crippen molar-refractivity contribution in [1.29, 1.82) is 0 Å². The van der Waals surface area contributed by atoms with Crippen LogP contribution in [0.15, 0.2) is 28.9 Å². The number of nitrogens with zero attached hydrogens (tertiary/aromatic N) is 1. The molecule has 0 spiro atoms. The molecule has 0 amide bonds. The summed E-state index contributed by atoms with van der Waals surface area (Å²) in [5.41, 5.74) is 1.58. The molecule has 0 saturated carbocycles. The molecule has 112 valence electrons. The van der Waals surface area contributed by atoms with Gasteiger partial charge in [-0.05, 0) is 39.7 Å². The van der Waals surface area contributed by atoms with Gasteiger partial charge in [0.05, 0.1) is 19.9 Å². The molecule has 2 N–H and O–H groups in total. The molecule has 7 heteroatoms. The van der Waals surface area contributed by atoms with E-state index in [0.717, 1.165) is 10.0 Å². The lowest BCUT2D eigenvalue weighted by Gasteiger charge is -2.13. The number of pyridine rings is 1. The minimum absolute atomic E-state index is 0.0223. The highest BCUT2D eigenvalue weighted by Gasteiger charge is 2.11. The average Bonchev–Trinajstić information content (AvgIpc) is 2.49. The number of hydrogen-bond acceptors (Lipinski definition) is 5. The molecule has 0 bridgehead atoms. The van der Waals surface area contributed by atoms with Gasteiger partial charge >= 0.3 is 0 Å². The number of benzene rings is 1. The number of phenols is 1. The number of rotatable bonds is 5. The third-order valence-electron chi connectivity index (χ3n) is 2.83. The Labute approximate surface area is 136 Å². The molecule has 1 aromatic carbocycles. The van der Waals surface area contributed by atoms with Gasteiger partial charge in [-0.3, -0.25) is 0 Å². The van der Waals surface area contributed by atoms with E-state index in [1.54, 1.807) is 18.3 Å². The van der Waals surface area contributed by atoms with Gasteiger partial charge in [0.15, 0.2) is 16.7 Å². The van der Waals surface area contributed by atoms with Crippen LogP contribution in [-0.4, -0.2) is 24.3 Å². The smallest absolute Gasteiger partial charge is 0.200 e. The lowest BCUT2D eigenvalue weighted by atomic mass is 10.1. The van der Waals surface area contributed by atoms with Gasteiger partial charge in [-0.25, -0.2) is 4.98 Å². The molecule has 0 radical (unpaired) electrons. The average molecular weight is 374 g/mol. The predicted octanol–water partition coefficient (Wildman–Crippen LogP) is 3.83. The SMILES string of the molecule is COc1cc(CNc2cc(Br)cnc2Cl)cc(OC)c1O. The molecule has 0 aliphatic rings. The molecule has 0 aliphatic carbocycles. The monoisotopic (exact) mass is 372 g/mol. The van der Waals surface area contributed by atoms with Crippen LogP contribution < -0.4 is 14.8 Å². The summed E-state index contributed by atoms with van der Waals surface area (Å²) >= 11 is 9.36. The molecule has 5 nitrogen and oxygen atoms in total. The van der Waals surface area contributed by atoms with Crippen molar-refractivity contribution in [3.63, 3.8) is 0 Å². The second-order valence-corrected chi connectivity index (χ2v) is 5.47. The van der Waals surface area contributed by atoms with E-state index in [2.05, 4.69) is 26.2 Å². The maximum Gasteiger partial charge on any atom is 0.200 e. The van der Waals surface area contributed by atoms with E-state index in [1.807, 2.05) is 6.07 Å². The highest BCUT2D eigenvalue weighted by molar-refractivity contribution is 9.10. The van der Waals surface area contributed by atoms with Crippen molar-refractivity contribution < 1.29 is 14.6 Å². The Morgan fingerprint density at radius 1 is 1.24 bits per heavy atom. The summed E-state index contributed by atoms with van der Waals surface area (Å²) in [6.07, 6.45) is 1.63. The number of phenolic OH excluding ortho intramolecular Hbond substituents is 1. The van der Waals surface area contributed by atoms with E-state index in [0.29, 0.717) is 28.9 Å². The standard InChI is InChI=1S/C14H14BrClN2O3/c1-20-11-3-8(4-12(21-2)13(11)19)6-17-10-5-9(15)7-18-14(10)16/h3-5,7,17,19H,6H2,1-2H3. The van der Waals surface area contributed by atoms with Gasteiger partial charge in [0.25, 0.3) is 0 Å². The van der Waals surface area contributed by atoms with E-state index >= 15 is 0 Å². The van der Waals surface area contributed by atoms with E-state index in [1.165, 1.54) is 14.2 Å². The van der Waals surface area contributed by atoms with Gasteiger partial charge in [0, 0.05) is 17.2 Å². The Bertz CT molecular complexity index is 627. The molecule has 0 unspecified atom stereocenters. The molecular formula is C14H14BrClN2O3. The molecule has 0 fully saturated rings. The summed E-state index contributed by atoms with van der Waals surface area (Å²) in [6.45, 7) is 0.477. The quantitative estimate of drug-likeness (QED) is 0.780. The number of ether oxygens (including phenoxy) is 2. The molecule has 1 heterocycles. The van der Waals surface area contributed by atoms with Crippen LogP contribution in [-0.2, 0) is 6.54 Å². The maximum absolute atomic E-state index is 9.87. The zero-order valence-electron chi connectivity index (χ0n) is 11.5. The van der Waals surface area contributed by atoms with Crippen LogP contribution in [0.25, 0.3) is 0 Å². The van der Waals surface area contributed by atoms with Crippen molar-refractivity contribution in [2.75, 3.05) is 19.5 Å². The minimum atomic E-state index is -0.0223. The van der Waals surface area contributed by atoms with E-state index in [-0.39, 0.29) is 5.75 Å². The molecule has 2 aromatic rings. The summed E-state index contributed by atoms with van der Waals surface area (Å²) in [5, 5.41) is 13.4. The summed E-state index contributed by atoms with van der Waals surface area (Å²) < 4.78 is 11.1. The Morgan fingerprint density at radius 2 is 1.86 bits per heavy atom. The Morgan fingerprint density at radius 3 is 2.43 bits per heavy atom. The Hall–Kier alpha value is -1.66. The molecule has 2 rings (SSSR count). The van der Waals surface area contributed by atoms with E-state index in [4.69, 9.17) is 21.1 Å². The lowest BCUT2D eigenvalue weighted by molar-refractivity contribution is 0.339. The van der Waals surface area contributed by atoms with Crippen molar-refractivity contribution in [3.05, 3.63) is 39.6 Å². The van der Waals surface area contributed by atoms with E-state index in [9.17, 15) is 5.11 Å². The van der Waals surface area contributed by atoms with Crippen molar-refractivity contribution >= 4 is 33.2 Å². The summed E-state index contributed by atoms with van der Waals surface area (Å²) in [6, 6.07) is 5.29. The summed E-state index contributed by atoms with van der Waals surface area (Å²) in [7, 11) is 2.97. The fourth-order valence-corrected chi connectivity index (χ4v) is 2.30. The topological polar surface area (TPSA) is 63.6 Å². The van der Waals surface area contributed by atoms with Crippen molar-refractivity contribution in [3.8, 4) is 17.2 Å². The zero-order valence-corrected chi connectivity index (χ0v) is 13.8. The van der Waals surface area contributed by atoms with Gasteiger partial charge in [-0.15, -0.1) is 0 Å². The number of anilines is 1. The van der Waals surface area contributed by atoms with Crippen molar-refractivity contribution in [1.82, 2.24) is 4.98 Å². The van der Waals surface area contributed by atoms with Gasteiger partial charge in [0.1, 0.15) is 0 Å². The first-order chi connectivity index (χ1) is 10.0. The van der Waals surface area contributed by atoms with Crippen LogP contribution in [0.5, 0.6) is 17.2 Å². The van der Waals surface area contributed by atoms with E-state index < -0.39 is 0 Å². The first-order valence-corrected chi connectivity index (χ1v) is 7.21. The Balaban J connectivity index is 2.22. The molecule has 0 atom stereocenters. The van der Waals surface area contributed by atoms with Gasteiger partial charge in [-0.1, -0.05) is 11.6 Å². The fourth-order valence-electron chi connectivity index (χ4n) is 1.79. The van der Waals surface area contributed by atoms with Crippen molar-refractivity contribution in [2.45, 2.75) is 6.54 Å². The Kier molecular flexibility index (Phi) is 5.14. The first kappa shape index (κ1) is 15.7.